The standard InChI is InChI=1S/C22H42O6S13/c23-1-3-29-5-6-38-21(25)13-33-16-32-9-12-41(28)20-37-18-35-17-36-19-39-22(26)14-34-15-31-8-11-40(27)10-7-30-4-2-24/h23-24H,1-20H2. The Hall–Kier alpha value is 3.73. The highest BCUT2D eigenvalue weighted by Gasteiger charge is 2.09. The lowest BCUT2D eigenvalue weighted by Gasteiger charge is -2.10. The average Bonchev–Trinajstić information content (AvgIpc) is 2.96. The van der Waals surface area contributed by atoms with Crippen molar-refractivity contribution in [3.8, 4) is 0 Å². The van der Waals surface area contributed by atoms with Crippen LogP contribution in [0.2, 0.25) is 0 Å². The van der Waals surface area contributed by atoms with E-state index in [0.717, 1.165) is 59.9 Å². The van der Waals surface area contributed by atoms with Crippen molar-refractivity contribution in [2.45, 2.75) is 0 Å². The first-order valence-corrected chi connectivity index (χ1v) is 27.8. The Labute approximate surface area is 300 Å². The van der Waals surface area contributed by atoms with Gasteiger partial charge in [0.2, 0.25) is 0 Å². The van der Waals surface area contributed by atoms with Crippen LogP contribution in [0.15, 0.2) is 0 Å². The minimum absolute atomic E-state index is 0.171. The van der Waals surface area contributed by atoms with Crippen LogP contribution in [0.4, 0.5) is 0 Å². The highest BCUT2D eigenvalue weighted by atomic mass is 32.3. The van der Waals surface area contributed by atoms with Crippen LogP contribution < -0.4 is 0 Å². The van der Waals surface area contributed by atoms with Gasteiger partial charge in [0.25, 0.3) is 0 Å². The highest BCUT2D eigenvalue weighted by Crippen LogP contribution is 2.24. The molecule has 6 nitrogen and oxygen atoms in total. The molecule has 0 aliphatic heterocycles. The smallest absolute Gasteiger partial charge is 0.199 e. The second-order valence-corrected chi connectivity index (χ2v) is 24.5. The van der Waals surface area contributed by atoms with Gasteiger partial charge in [-0.2, -0.15) is 23.5 Å². The van der Waals surface area contributed by atoms with Crippen LogP contribution >= 0.6 is 129 Å². The van der Waals surface area contributed by atoms with E-state index in [1.54, 1.807) is 106 Å². The largest absolute Gasteiger partial charge is 0.616 e. The molecule has 0 amide bonds. The monoisotopic (exact) mass is 818 g/mol. The molecule has 0 aliphatic rings. The molecule has 0 aliphatic carbocycles. The molecule has 2 unspecified atom stereocenters. The van der Waals surface area contributed by atoms with Crippen LogP contribution in [-0.4, -0.2) is 142 Å². The summed E-state index contributed by atoms with van der Waals surface area (Å²) in [5.41, 5.74) is 0. The first-order valence-electron chi connectivity index (χ1n) is 12.4. The normalized spacial score (nSPS) is 13.0. The molecule has 2 N–H and O–H groups in total. The maximum atomic E-state index is 12.1. The third kappa shape index (κ3) is 36.4. The van der Waals surface area contributed by atoms with Crippen LogP contribution in [0.5, 0.6) is 0 Å². The van der Waals surface area contributed by atoms with Crippen LogP contribution in [0, 0.1) is 0 Å². The van der Waals surface area contributed by atoms with Crippen molar-refractivity contribution in [1.82, 2.24) is 0 Å². The molecule has 0 bridgehead atoms. The van der Waals surface area contributed by atoms with Gasteiger partial charge in [-0.05, 0) is 11.2 Å². The third-order valence-electron chi connectivity index (χ3n) is 3.95. The Morgan fingerprint density at radius 1 is 0.488 bits per heavy atom. The maximum Gasteiger partial charge on any atom is 0.199 e. The Morgan fingerprint density at radius 3 is 1.61 bits per heavy atom. The van der Waals surface area contributed by atoms with Gasteiger partial charge in [0.15, 0.2) is 15.3 Å². The van der Waals surface area contributed by atoms with Gasteiger partial charge in [0.1, 0.15) is 17.3 Å². The second-order valence-electron chi connectivity index (χ2n) is 7.23. The Morgan fingerprint density at radius 2 is 0.976 bits per heavy atom. The number of carbonyl (C=O) groups is 2. The Bertz CT molecular complexity index is 600. The Kier molecular flexibility index (Phi) is 39.9. The molecule has 0 aromatic rings. The Balaban J connectivity index is 3.37. The van der Waals surface area contributed by atoms with Crippen LogP contribution in [0.25, 0.3) is 0 Å². The first-order chi connectivity index (χ1) is 20.0. The summed E-state index contributed by atoms with van der Waals surface area (Å²) in [5, 5.41) is 22.8. The number of hydrogen-bond acceptors (Lipinski definition) is 17. The molecule has 0 fully saturated rings. The van der Waals surface area contributed by atoms with Crippen molar-refractivity contribution in [2.24, 2.45) is 0 Å². The van der Waals surface area contributed by atoms with Crippen molar-refractivity contribution in [3.63, 3.8) is 0 Å². The highest BCUT2D eigenvalue weighted by molar-refractivity contribution is 8.30. The zero-order valence-electron chi connectivity index (χ0n) is 23.0. The average molecular weight is 819 g/mol. The fourth-order valence-electron chi connectivity index (χ4n) is 2.15. The molecular weight excluding hydrogens is 777 g/mol. The molecule has 2 atom stereocenters. The lowest BCUT2D eigenvalue weighted by molar-refractivity contribution is -0.109. The zero-order chi connectivity index (χ0) is 30.2. The van der Waals surface area contributed by atoms with E-state index in [4.69, 9.17) is 10.2 Å². The van der Waals surface area contributed by atoms with Gasteiger partial charge in [-0.1, -0.05) is 46.5 Å². The molecule has 0 aromatic carbocycles. The van der Waals surface area contributed by atoms with E-state index in [0.29, 0.717) is 39.6 Å². The maximum absolute atomic E-state index is 12.1. The van der Waals surface area contributed by atoms with Crippen LogP contribution in [0.1, 0.15) is 0 Å². The van der Waals surface area contributed by atoms with Gasteiger partial charge in [-0.3, -0.25) is 9.59 Å². The topological polar surface area (TPSA) is 121 Å². The van der Waals surface area contributed by atoms with Gasteiger partial charge in [-0.15, -0.1) is 70.6 Å². The number of aliphatic hydroxyl groups excluding tert-OH is 2. The van der Waals surface area contributed by atoms with Gasteiger partial charge in [-0.25, -0.2) is 0 Å². The van der Waals surface area contributed by atoms with Crippen molar-refractivity contribution in [3.05, 3.63) is 0 Å². The van der Waals surface area contributed by atoms with E-state index >= 15 is 0 Å². The van der Waals surface area contributed by atoms with E-state index in [-0.39, 0.29) is 23.4 Å². The zero-order valence-corrected chi connectivity index (χ0v) is 33.6. The fourth-order valence-corrected chi connectivity index (χ4v) is 17.4. The number of carbonyl (C=O) groups excluding carboxylic acids is 2. The molecular formula is C22H42O6S13. The van der Waals surface area contributed by atoms with Gasteiger partial charge < -0.3 is 19.3 Å². The molecule has 19 heteroatoms. The van der Waals surface area contributed by atoms with Crippen molar-refractivity contribution < 1.29 is 28.9 Å². The predicted octanol–water partition coefficient (Wildman–Crippen LogP) is 5.33. The predicted molar refractivity (Wildman–Crippen MR) is 212 cm³/mol. The number of thioether (sulfide) groups is 11. The lowest BCUT2D eigenvalue weighted by Crippen LogP contribution is -2.15. The number of aliphatic hydroxyl groups is 2. The summed E-state index contributed by atoms with van der Waals surface area (Å²) >= 11 is 16.4. The summed E-state index contributed by atoms with van der Waals surface area (Å²) in [6.45, 7) is 0.357. The van der Waals surface area contributed by atoms with E-state index in [1.165, 1.54) is 23.5 Å². The molecule has 0 radical (unpaired) electrons. The minimum Gasteiger partial charge on any atom is -0.616 e. The summed E-state index contributed by atoms with van der Waals surface area (Å²) in [6.07, 6.45) is 0. The molecule has 0 spiro atoms. The number of rotatable bonds is 32. The fraction of sp³-hybridized carbons (Fsp3) is 0.909. The third-order valence-corrected chi connectivity index (χ3v) is 20.7. The molecule has 0 saturated heterocycles. The van der Waals surface area contributed by atoms with Crippen LogP contribution in [0.3, 0.4) is 0 Å². The van der Waals surface area contributed by atoms with E-state index in [2.05, 4.69) is 0 Å². The molecule has 0 saturated carbocycles. The number of hydrogen-bond donors (Lipinski definition) is 2. The summed E-state index contributed by atoms with van der Waals surface area (Å²) < 4.78 is 24.0. The molecule has 41 heavy (non-hydrogen) atoms. The molecule has 0 heterocycles. The minimum atomic E-state index is -0.822. The quantitative estimate of drug-likeness (QED) is 0.0517. The summed E-state index contributed by atoms with van der Waals surface area (Å²) in [5.74, 6) is 8.71. The van der Waals surface area contributed by atoms with Gasteiger partial charge in [0.05, 0.1) is 24.7 Å². The molecule has 0 rings (SSSR count). The van der Waals surface area contributed by atoms with Crippen molar-refractivity contribution in [1.29, 1.82) is 0 Å². The van der Waals surface area contributed by atoms with E-state index in [9.17, 15) is 18.7 Å². The van der Waals surface area contributed by atoms with Crippen molar-refractivity contribution in [2.75, 3.05) is 113 Å². The van der Waals surface area contributed by atoms with E-state index in [1.807, 2.05) is 0 Å². The lowest BCUT2D eigenvalue weighted by atomic mass is 10.9. The van der Waals surface area contributed by atoms with Gasteiger partial charge >= 0.3 is 0 Å². The summed E-state index contributed by atoms with van der Waals surface area (Å²) in [4.78, 5) is 23.8. The SMILES string of the molecule is O=C(CSCSCC[S+]([O-])CSCSCSCSC(=O)CSCSCC[S+]([O-])CCSCCO)SCCSCCO. The van der Waals surface area contributed by atoms with E-state index < -0.39 is 22.4 Å². The molecule has 244 valence electrons. The summed E-state index contributed by atoms with van der Waals surface area (Å²) in [6, 6.07) is 0. The van der Waals surface area contributed by atoms with Crippen LogP contribution in [-0.2, 0) is 31.9 Å². The summed E-state index contributed by atoms with van der Waals surface area (Å²) in [7, 11) is 0. The molecule has 0 aromatic heterocycles. The van der Waals surface area contributed by atoms with Gasteiger partial charge in [0, 0.05) is 65.7 Å². The second kappa shape index (κ2) is 36.6. The van der Waals surface area contributed by atoms with Crippen molar-refractivity contribution >= 4 is 162 Å². The first kappa shape index (κ1) is 44.7.